The predicted octanol–water partition coefficient (Wildman–Crippen LogP) is 1.42. The average Bonchev–Trinajstić information content (AvgIpc) is 3.06. The third kappa shape index (κ3) is 4.41. The van der Waals surface area contributed by atoms with Crippen LogP contribution >= 0.6 is 12.4 Å². The van der Waals surface area contributed by atoms with Crippen LogP contribution < -0.4 is 5.73 Å². The molecule has 2 atom stereocenters. The zero-order valence-corrected chi connectivity index (χ0v) is 12.0. The molecule has 0 spiro atoms. The first-order chi connectivity index (χ1) is 8.20. The number of likely N-dealkylation sites (tertiary alicyclic amines) is 1. The highest BCUT2D eigenvalue weighted by Gasteiger charge is 2.31. The van der Waals surface area contributed by atoms with Crippen LogP contribution in [0.3, 0.4) is 0 Å². The molecule has 1 heterocycles. The number of carbonyl (C=O) groups excluding carboxylic acids is 1. The fourth-order valence-electron chi connectivity index (χ4n) is 2.50. The number of halogens is 1. The fourth-order valence-corrected chi connectivity index (χ4v) is 2.50. The van der Waals surface area contributed by atoms with Crippen LogP contribution in [-0.2, 0) is 9.53 Å². The molecule has 0 radical (unpaired) electrons. The van der Waals surface area contributed by atoms with E-state index >= 15 is 0 Å². The first-order valence-electron chi connectivity index (χ1n) is 6.78. The molecule has 2 unspecified atom stereocenters. The number of carbonyl (C=O) groups is 1. The molecule has 18 heavy (non-hydrogen) atoms. The van der Waals surface area contributed by atoms with Crippen LogP contribution in [0.25, 0.3) is 0 Å². The maximum absolute atomic E-state index is 12.0. The maximum Gasteiger partial charge on any atom is 0.225 e. The molecule has 0 aromatic heterocycles. The zero-order chi connectivity index (χ0) is 12.3. The summed E-state index contributed by atoms with van der Waals surface area (Å²) >= 11 is 0. The van der Waals surface area contributed by atoms with Crippen molar-refractivity contribution in [3.8, 4) is 0 Å². The summed E-state index contributed by atoms with van der Waals surface area (Å²) in [5, 5.41) is 0. The molecule has 2 fully saturated rings. The number of rotatable bonds is 6. The highest BCUT2D eigenvalue weighted by atomic mass is 35.5. The number of hydrogen-bond acceptors (Lipinski definition) is 3. The van der Waals surface area contributed by atoms with Gasteiger partial charge in [0.25, 0.3) is 0 Å². The van der Waals surface area contributed by atoms with Gasteiger partial charge in [-0.15, -0.1) is 12.4 Å². The minimum absolute atomic E-state index is 0. The monoisotopic (exact) mass is 276 g/mol. The Morgan fingerprint density at radius 2 is 2.11 bits per heavy atom. The molecular formula is C13H25ClN2O2. The molecule has 1 aliphatic heterocycles. The fraction of sp³-hybridized carbons (Fsp3) is 0.923. The second-order valence-corrected chi connectivity index (χ2v) is 5.50. The smallest absolute Gasteiger partial charge is 0.225 e. The van der Waals surface area contributed by atoms with Crippen molar-refractivity contribution in [3.05, 3.63) is 0 Å². The number of ether oxygens (including phenoxy) is 1. The largest absolute Gasteiger partial charge is 0.381 e. The molecule has 0 bridgehead atoms. The summed E-state index contributed by atoms with van der Waals surface area (Å²) in [6.07, 6.45) is 4.17. The Bertz CT molecular complexity index is 272. The van der Waals surface area contributed by atoms with E-state index in [4.69, 9.17) is 10.5 Å². The van der Waals surface area contributed by atoms with Gasteiger partial charge in [0.15, 0.2) is 0 Å². The zero-order valence-electron chi connectivity index (χ0n) is 11.1. The molecule has 2 aliphatic rings. The molecule has 1 saturated carbocycles. The predicted molar refractivity (Wildman–Crippen MR) is 73.7 cm³/mol. The summed E-state index contributed by atoms with van der Waals surface area (Å²) in [6.45, 7) is 5.05. The lowest BCUT2D eigenvalue weighted by Gasteiger charge is -2.21. The van der Waals surface area contributed by atoms with Crippen molar-refractivity contribution < 1.29 is 9.53 Å². The quantitative estimate of drug-likeness (QED) is 0.747. The van der Waals surface area contributed by atoms with Gasteiger partial charge in [0.05, 0.1) is 13.0 Å². The van der Waals surface area contributed by atoms with Crippen LogP contribution in [0, 0.1) is 11.8 Å². The van der Waals surface area contributed by atoms with Gasteiger partial charge in [0.1, 0.15) is 0 Å². The standard InChI is InChI=1S/C13H24N2O2.ClH/c1-10-6-12(7-14)8-15(10)13(16)4-5-17-9-11-2-3-11;/h10-12H,2-9,14H2,1H3;1H. The van der Waals surface area contributed by atoms with Crippen molar-refractivity contribution in [2.45, 2.75) is 38.6 Å². The van der Waals surface area contributed by atoms with Crippen LogP contribution in [0.4, 0.5) is 0 Å². The van der Waals surface area contributed by atoms with Crippen molar-refractivity contribution in [1.82, 2.24) is 4.90 Å². The van der Waals surface area contributed by atoms with Crippen molar-refractivity contribution >= 4 is 18.3 Å². The summed E-state index contributed by atoms with van der Waals surface area (Å²) in [5.74, 6) is 1.49. The topological polar surface area (TPSA) is 55.6 Å². The number of nitrogens with two attached hydrogens (primary N) is 1. The molecule has 0 aromatic carbocycles. The lowest BCUT2D eigenvalue weighted by molar-refractivity contribution is -0.133. The minimum Gasteiger partial charge on any atom is -0.381 e. The van der Waals surface area contributed by atoms with Gasteiger partial charge in [-0.05, 0) is 44.6 Å². The summed E-state index contributed by atoms with van der Waals surface area (Å²) in [5.41, 5.74) is 5.66. The van der Waals surface area contributed by atoms with E-state index in [0.29, 0.717) is 31.5 Å². The summed E-state index contributed by atoms with van der Waals surface area (Å²) in [4.78, 5) is 14.0. The van der Waals surface area contributed by atoms with Crippen LogP contribution in [0.15, 0.2) is 0 Å². The van der Waals surface area contributed by atoms with Gasteiger partial charge in [0.2, 0.25) is 5.91 Å². The first-order valence-corrected chi connectivity index (χ1v) is 6.78. The van der Waals surface area contributed by atoms with E-state index in [1.807, 2.05) is 4.90 Å². The van der Waals surface area contributed by atoms with Crippen molar-refractivity contribution in [3.63, 3.8) is 0 Å². The van der Waals surface area contributed by atoms with Crippen molar-refractivity contribution in [1.29, 1.82) is 0 Å². The van der Waals surface area contributed by atoms with Crippen LogP contribution in [0.2, 0.25) is 0 Å². The second-order valence-electron chi connectivity index (χ2n) is 5.50. The van der Waals surface area contributed by atoms with Crippen LogP contribution in [0.1, 0.15) is 32.6 Å². The summed E-state index contributed by atoms with van der Waals surface area (Å²) in [6, 6.07) is 0.347. The Hall–Kier alpha value is -0.320. The van der Waals surface area contributed by atoms with Crippen LogP contribution in [0.5, 0.6) is 0 Å². The Kier molecular flexibility index (Phi) is 6.39. The van der Waals surface area contributed by atoms with Crippen LogP contribution in [-0.4, -0.2) is 43.2 Å². The third-order valence-electron chi connectivity index (χ3n) is 3.83. The summed E-state index contributed by atoms with van der Waals surface area (Å²) < 4.78 is 5.50. The second kappa shape index (κ2) is 7.31. The van der Waals surface area contributed by atoms with Gasteiger partial charge in [-0.25, -0.2) is 0 Å². The Labute approximate surface area is 116 Å². The lowest BCUT2D eigenvalue weighted by Crippen LogP contribution is -2.35. The van der Waals surface area contributed by atoms with Crippen molar-refractivity contribution in [2.75, 3.05) is 26.3 Å². The van der Waals surface area contributed by atoms with E-state index in [9.17, 15) is 4.79 Å². The number of nitrogens with zero attached hydrogens (tertiary/aromatic N) is 1. The number of amides is 1. The van der Waals surface area contributed by atoms with Gasteiger partial charge in [-0.3, -0.25) is 4.79 Å². The third-order valence-corrected chi connectivity index (χ3v) is 3.83. The molecule has 1 saturated heterocycles. The van der Waals surface area contributed by atoms with Gasteiger partial charge in [-0.1, -0.05) is 0 Å². The van der Waals surface area contributed by atoms with Crippen molar-refractivity contribution in [2.24, 2.45) is 17.6 Å². The Balaban J connectivity index is 0.00000162. The van der Waals surface area contributed by atoms with E-state index in [0.717, 1.165) is 25.5 Å². The first kappa shape index (κ1) is 15.7. The highest BCUT2D eigenvalue weighted by Crippen LogP contribution is 2.28. The summed E-state index contributed by atoms with van der Waals surface area (Å²) in [7, 11) is 0. The molecule has 0 aromatic rings. The van der Waals surface area contributed by atoms with E-state index in [2.05, 4.69) is 6.92 Å². The molecule has 106 valence electrons. The molecular weight excluding hydrogens is 252 g/mol. The molecule has 4 nitrogen and oxygen atoms in total. The molecule has 1 aliphatic carbocycles. The van der Waals surface area contributed by atoms with Gasteiger partial charge in [-0.2, -0.15) is 0 Å². The van der Waals surface area contributed by atoms with Gasteiger partial charge < -0.3 is 15.4 Å². The Morgan fingerprint density at radius 1 is 1.39 bits per heavy atom. The van der Waals surface area contributed by atoms with E-state index in [1.54, 1.807) is 0 Å². The van der Waals surface area contributed by atoms with E-state index in [1.165, 1.54) is 12.8 Å². The molecule has 5 heteroatoms. The minimum atomic E-state index is 0. The molecule has 2 N–H and O–H groups in total. The lowest BCUT2D eigenvalue weighted by atomic mass is 10.1. The molecule has 2 rings (SSSR count). The normalized spacial score (nSPS) is 27.1. The highest BCUT2D eigenvalue weighted by molar-refractivity contribution is 5.85. The van der Waals surface area contributed by atoms with Gasteiger partial charge >= 0.3 is 0 Å². The van der Waals surface area contributed by atoms with Gasteiger partial charge in [0, 0.05) is 19.2 Å². The SMILES string of the molecule is CC1CC(CN)CN1C(=O)CCOCC1CC1.Cl. The Morgan fingerprint density at radius 3 is 2.67 bits per heavy atom. The van der Waals surface area contributed by atoms with E-state index < -0.39 is 0 Å². The average molecular weight is 277 g/mol. The molecule has 1 amide bonds. The van der Waals surface area contributed by atoms with E-state index in [-0.39, 0.29) is 18.3 Å². The maximum atomic E-state index is 12.0. The number of hydrogen-bond donors (Lipinski definition) is 1.